The number of benzene rings is 2. The van der Waals surface area contributed by atoms with E-state index in [-0.39, 0.29) is 0 Å². The molecule has 0 radical (unpaired) electrons. The van der Waals surface area contributed by atoms with Crippen molar-refractivity contribution < 1.29 is 9.09 Å². The van der Waals surface area contributed by atoms with Crippen LogP contribution >= 0.6 is 7.37 Å². The lowest BCUT2D eigenvalue weighted by atomic mass is 10.2. The molecular formula is C13H11O2P. The third-order valence-corrected chi connectivity index (χ3v) is 5.35. The summed E-state index contributed by atoms with van der Waals surface area (Å²) in [6, 6.07) is 17.1. The molecule has 0 amide bonds. The van der Waals surface area contributed by atoms with E-state index < -0.39 is 7.37 Å². The van der Waals surface area contributed by atoms with Gasteiger partial charge in [-0.2, -0.15) is 0 Å². The van der Waals surface area contributed by atoms with Crippen molar-refractivity contribution >= 4 is 18.0 Å². The first-order valence-electron chi connectivity index (χ1n) is 5.19. The van der Waals surface area contributed by atoms with Crippen LogP contribution in [0.2, 0.25) is 0 Å². The number of hydrogen-bond acceptors (Lipinski definition) is 2. The lowest BCUT2D eigenvalue weighted by molar-refractivity contribution is 0.330. The van der Waals surface area contributed by atoms with Crippen molar-refractivity contribution in [3.05, 3.63) is 60.2 Å². The molecule has 2 nitrogen and oxygen atoms in total. The van der Waals surface area contributed by atoms with Crippen LogP contribution in [0.5, 0.6) is 0 Å². The highest BCUT2D eigenvalue weighted by Gasteiger charge is 2.35. The highest BCUT2D eigenvalue weighted by atomic mass is 31.2. The van der Waals surface area contributed by atoms with Gasteiger partial charge in [-0.05, 0) is 23.8 Å². The fourth-order valence-electron chi connectivity index (χ4n) is 1.99. The minimum absolute atomic E-state index is 0.447. The molecule has 0 aliphatic carbocycles. The normalized spacial score (nSPS) is 23.0. The first-order valence-corrected chi connectivity index (χ1v) is 6.82. The molecule has 80 valence electrons. The highest BCUT2D eigenvalue weighted by Crippen LogP contribution is 2.50. The monoisotopic (exact) mass is 230 g/mol. The van der Waals surface area contributed by atoms with E-state index >= 15 is 0 Å². The molecule has 0 aromatic heterocycles. The lowest BCUT2D eigenvalue weighted by Crippen LogP contribution is -2.13. The van der Waals surface area contributed by atoms with Crippen molar-refractivity contribution in [3.8, 4) is 0 Å². The van der Waals surface area contributed by atoms with E-state index in [1.54, 1.807) is 0 Å². The quantitative estimate of drug-likeness (QED) is 0.703. The van der Waals surface area contributed by atoms with Crippen LogP contribution in [0.3, 0.4) is 0 Å². The first-order chi connectivity index (χ1) is 7.81. The second-order valence-corrected chi connectivity index (χ2v) is 6.15. The summed E-state index contributed by atoms with van der Waals surface area (Å²) in [5.41, 5.74) is 1.04. The molecule has 0 saturated heterocycles. The molecule has 1 aliphatic rings. The van der Waals surface area contributed by atoms with Crippen molar-refractivity contribution in [1.82, 2.24) is 0 Å². The third kappa shape index (κ3) is 1.35. The molecule has 0 bridgehead atoms. The van der Waals surface area contributed by atoms with E-state index in [9.17, 15) is 4.57 Å². The smallest absolute Gasteiger partial charge is 0.261 e. The highest BCUT2D eigenvalue weighted by molar-refractivity contribution is 7.74. The zero-order chi connectivity index (χ0) is 11.0. The maximum Gasteiger partial charge on any atom is 0.261 e. The van der Waals surface area contributed by atoms with Gasteiger partial charge in [0.2, 0.25) is 0 Å². The topological polar surface area (TPSA) is 26.3 Å². The number of fused-ring (bicyclic) bond motifs is 1. The molecule has 0 saturated carbocycles. The van der Waals surface area contributed by atoms with E-state index in [0.29, 0.717) is 6.61 Å². The van der Waals surface area contributed by atoms with Gasteiger partial charge in [0.25, 0.3) is 7.37 Å². The first kappa shape index (κ1) is 9.83. The molecular weight excluding hydrogens is 219 g/mol. The molecule has 3 rings (SSSR count). The SMILES string of the molecule is O=P1(c2ccccc2)OCc2ccccc21. The largest absolute Gasteiger partial charge is 0.317 e. The summed E-state index contributed by atoms with van der Waals surface area (Å²) in [5.74, 6) is 0. The Labute approximate surface area is 94.3 Å². The lowest BCUT2D eigenvalue weighted by Gasteiger charge is -2.11. The third-order valence-electron chi connectivity index (χ3n) is 2.81. The zero-order valence-electron chi connectivity index (χ0n) is 8.67. The van der Waals surface area contributed by atoms with Crippen molar-refractivity contribution in [2.24, 2.45) is 0 Å². The van der Waals surface area contributed by atoms with Crippen LogP contribution in [0.15, 0.2) is 54.6 Å². The van der Waals surface area contributed by atoms with Gasteiger partial charge in [0, 0.05) is 10.6 Å². The summed E-state index contributed by atoms with van der Waals surface area (Å²) in [6.07, 6.45) is 0. The van der Waals surface area contributed by atoms with Crippen LogP contribution in [0.25, 0.3) is 0 Å². The van der Waals surface area contributed by atoms with Gasteiger partial charge in [0.05, 0.1) is 6.61 Å². The Morgan fingerprint density at radius 1 is 0.938 bits per heavy atom. The molecule has 1 aliphatic heterocycles. The second kappa shape index (κ2) is 3.58. The molecule has 1 unspecified atom stereocenters. The van der Waals surface area contributed by atoms with Crippen LogP contribution in [-0.4, -0.2) is 0 Å². The van der Waals surface area contributed by atoms with E-state index in [4.69, 9.17) is 4.52 Å². The van der Waals surface area contributed by atoms with E-state index in [2.05, 4.69) is 0 Å². The van der Waals surface area contributed by atoms with Crippen LogP contribution in [0, 0.1) is 0 Å². The number of rotatable bonds is 1. The summed E-state index contributed by atoms with van der Waals surface area (Å²) in [7, 11) is -2.81. The second-order valence-electron chi connectivity index (χ2n) is 3.79. The molecule has 1 heterocycles. The summed E-state index contributed by atoms with van der Waals surface area (Å²) in [4.78, 5) is 0. The molecule has 1 atom stereocenters. The van der Waals surface area contributed by atoms with Crippen molar-refractivity contribution in [2.45, 2.75) is 6.61 Å². The Hall–Kier alpha value is -1.37. The van der Waals surface area contributed by atoms with Gasteiger partial charge in [-0.1, -0.05) is 36.4 Å². The van der Waals surface area contributed by atoms with E-state index in [1.165, 1.54) is 0 Å². The molecule has 0 spiro atoms. The predicted molar refractivity (Wildman–Crippen MR) is 64.5 cm³/mol. The molecule has 3 heteroatoms. The van der Waals surface area contributed by atoms with Crippen LogP contribution in [0.4, 0.5) is 0 Å². The van der Waals surface area contributed by atoms with Gasteiger partial charge >= 0.3 is 0 Å². The summed E-state index contributed by atoms with van der Waals surface area (Å²) in [6.45, 7) is 0.447. The van der Waals surface area contributed by atoms with Gasteiger partial charge in [-0.15, -0.1) is 0 Å². The van der Waals surface area contributed by atoms with Crippen LogP contribution in [0.1, 0.15) is 5.56 Å². The fraction of sp³-hybridized carbons (Fsp3) is 0.0769. The Kier molecular flexibility index (Phi) is 2.20. The van der Waals surface area contributed by atoms with Crippen LogP contribution < -0.4 is 10.6 Å². The summed E-state index contributed by atoms with van der Waals surface area (Å²) in [5, 5.41) is 1.63. The Bertz CT molecular complexity index is 563. The minimum Gasteiger partial charge on any atom is -0.317 e. The Balaban J connectivity index is 2.20. The fourth-order valence-corrected chi connectivity index (χ4v) is 4.24. The predicted octanol–water partition coefficient (Wildman–Crippen LogP) is 2.45. The average Bonchev–Trinajstić information content (AvgIpc) is 2.71. The Morgan fingerprint density at radius 2 is 1.62 bits per heavy atom. The summed E-state index contributed by atoms with van der Waals surface area (Å²) < 4.78 is 18.4. The van der Waals surface area contributed by atoms with Crippen LogP contribution in [-0.2, 0) is 15.7 Å². The molecule has 2 aromatic carbocycles. The standard InChI is InChI=1S/C13H11O2P/c14-16(12-7-2-1-3-8-12)13-9-5-4-6-11(13)10-15-16/h1-9H,10H2. The molecule has 0 fully saturated rings. The Morgan fingerprint density at radius 3 is 2.44 bits per heavy atom. The average molecular weight is 230 g/mol. The van der Waals surface area contributed by atoms with Gasteiger partial charge in [0.15, 0.2) is 0 Å². The maximum absolute atomic E-state index is 12.8. The molecule has 0 N–H and O–H groups in total. The number of hydrogen-bond donors (Lipinski definition) is 0. The zero-order valence-corrected chi connectivity index (χ0v) is 9.56. The maximum atomic E-state index is 12.8. The summed E-state index contributed by atoms with van der Waals surface area (Å²) >= 11 is 0. The van der Waals surface area contributed by atoms with E-state index in [0.717, 1.165) is 16.2 Å². The molecule has 16 heavy (non-hydrogen) atoms. The van der Waals surface area contributed by atoms with Crippen molar-refractivity contribution in [2.75, 3.05) is 0 Å². The van der Waals surface area contributed by atoms with Crippen molar-refractivity contribution in [3.63, 3.8) is 0 Å². The van der Waals surface area contributed by atoms with Gasteiger partial charge in [-0.25, -0.2) is 0 Å². The van der Waals surface area contributed by atoms with Gasteiger partial charge in [-0.3, -0.25) is 4.57 Å². The van der Waals surface area contributed by atoms with E-state index in [1.807, 2.05) is 54.6 Å². The molecule has 2 aromatic rings. The van der Waals surface area contributed by atoms with Gasteiger partial charge in [0.1, 0.15) is 0 Å². The minimum atomic E-state index is -2.81. The van der Waals surface area contributed by atoms with Crippen molar-refractivity contribution in [1.29, 1.82) is 0 Å². The van der Waals surface area contributed by atoms with Gasteiger partial charge < -0.3 is 4.52 Å².